The molecule has 1 aromatic heterocycles. The lowest BCUT2D eigenvalue weighted by atomic mass is 10.2. The van der Waals surface area contributed by atoms with Crippen molar-refractivity contribution in [2.45, 2.75) is 19.9 Å². The Kier molecular flexibility index (Phi) is 6.76. The Labute approximate surface area is 161 Å². The fourth-order valence-corrected chi connectivity index (χ4v) is 3.11. The smallest absolute Gasteiger partial charge is 0.247 e. The Hall–Kier alpha value is -1.77. The monoisotopic (exact) mass is 421 g/mol. The number of hydrogen-bond donors (Lipinski definition) is 1. The maximum atomic E-state index is 11.8. The Morgan fingerprint density at radius 3 is 2.54 bits per heavy atom. The second kappa shape index (κ2) is 9.25. The molecular weight excluding hydrogens is 398 g/mol. The van der Waals surface area contributed by atoms with Crippen LogP contribution in [-0.4, -0.2) is 65.2 Å². The molecular formula is C18H24BrN5O2. The van der Waals surface area contributed by atoms with E-state index in [2.05, 4.69) is 48.2 Å². The van der Waals surface area contributed by atoms with Crippen LogP contribution < -0.4 is 5.32 Å². The number of amides is 1. The summed E-state index contributed by atoms with van der Waals surface area (Å²) in [6.07, 6.45) is 0.964. The molecule has 0 bridgehead atoms. The van der Waals surface area contributed by atoms with Crippen LogP contribution in [0, 0.1) is 0 Å². The van der Waals surface area contributed by atoms with E-state index in [1.807, 2.05) is 24.3 Å². The summed E-state index contributed by atoms with van der Waals surface area (Å²) in [6.45, 7) is 7.42. The van der Waals surface area contributed by atoms with E-state index in [0.29, 0.717) is 24.9 Å². The van der Waals surface area contributed by atoms with Crippen LogP contribution >= 0.6 is 15.9 Å². The van der Waals surface area contributed by atoms with Gasteiger partial charge in [0.05, 0.1) is 13.1 Å². The fraction of sp³-hybridized carbons (Fsp3) is 0.500. The van der Waals surface area contributed by atoms with E-state index < -0.39 is 0 Å². The molecule has 2 heterocycles. The van der Waals surface area contributed by atoms with Crippen molar-refractivity contribution in [1.29, 1.82) is 0 Å². The van der Waals surface area contributed by atoms with Gasteiger partial charge in [-0.2, -0.15) is 0 Å². The third-order valence-electron chi connectivity index (χ3n) is 4.32. The molecule has 3 rings (SSSR count). The van der Waals surface area contributed by atoms with Crippen LogP contribution in [0.1, 0.15) is 19.2 Å². The largest absolute Gasteiger partial charge is 0.419 e. The number of nitrogens with zero attached hydrogens (tertiary/aromatic N) is 4. The normalized spacial score (nSPS) is 15.9. The molecule has 0 atom stereocenters. The lowest BCUT2D eigenvalue weighted by Crippen LogP contribution is -2.49. The molecule has 140 valence electrons. The number of aromatic nitrogens is 2. The number of piperazine rings is 1. The van der Waals surface area contributed by atoms with Gasteiger partial charge >= 0.3 is 0 Å². The SMILES string of the molecule is CCCNC(=O)CN1CCN(Cc2nnc(-c3ccc(Br)cc3)o2)CC1. The molecule has 0 unspecified atom stereocenters. The van der Waals surface area contributed by atoms with Crippen molar-refractivity contribution in [1.82, 2.24) is 25.3 Å². The van der Waals surface area contributed by atoms with E-state index in [1.54, 1.807) is 0 Å². The molecule has 1 amide bonds. The van der Waals surface area contributed by atoms with Crippen LogP contribution in [0.15, 0.2) is 33.2 Å². The van der Waals surface area contributed by atoms with Crippen molar-refractivity contribution >= 4 is 21.8 Å². The molecule has 8 heteroatoms. The van der Waals surface area contributed by atoms with E-state index >= 15 is 0 Å². The highest BCUT2D eigenvalue weighted by Crippen LogP contribution is 2.21. The highest BCUT2D eigenvalue weighted by atomic mass is 79.9. The number of carbonyl (C=O) groups is 1. The van der Waals surface area contributed by atoms with Crippen molar-refractivity contribution in [3.8, 4) is 11.5 Å². The third-order valence-corrected chi connectivity index (χ3v) is 4.85. The zero-order valence-electron chi connectivity index (χ0n) is 14.9. The predicted molar refractivity (Wildman–Crippen MR) is 102 cm³/mol. The number of hydrogen-bond acceptors (Lipinski definition) is 6. The van der Waals surface area contributed by atoms with Crippen molar-refractivity contribution in [3.63, 3.8) is 0 Å². The van der Waals surface area contributed by atoms with Gasteiger partial charge in [-0.3, -0.25) is 14.6 Å². The van der Waals surface area contributed by atoms with Crippen molar-refractivity contribution in [2.24, 2.45) is 0 Å². The second-order valence-electron chi connectivity index (χ2n) is 6.41. The summed E-state index contributed by atoms with van der Waals surface area (Å²) in [6, 6.07) is 7.80. The zero-order chi connectivity index (χ0) is 18.4. The molecule has 1 aliphatic heterocycles. The first-order chi connectivity index (χ1) is 12.6. The van der Waals surface area contributed by atoms with Gasteiger partial charge in [0.25, 0.3) is 0 Å². The maximum absolute atomic E-state index is 11.8. The molecule has 1 fully saturated rings. The minimum atomic E-state index is 0.108. The highest BCUT2D eigenvalue weighted by Gasteiger charge is 2.20. The predicted octanol–water partition coefficient (Wildman–Crippen LogP) is 2.14. The summed E-state index contributed by atoms with van der Waals surface area (Å²) in [5.41, 5.74) is 0.912. The van der Waals surface area contributed by atoms with Crippen molar-refractivity contribution < 1.29 is 9.21 Å². The minimum absolute atomic E-state index is 0.108. The first kappa shape index (κ1) is 19.0. The van der Waals surface area contributed by atoms with Crippen molar-refractivity contribution in [2.75, 3.05) is 39.3 Å². The van der Waals surface area contributed by atoms with Gasteiger partial charge in [-0.1, -0.05) is 22.9 Å². The Morgan fingerprint density at radius 1 is 1.15 bits per heavy atom. The van der Waals surface area contributed by atoms with Crippen molar-refractivity contribution in [3.05, 3.63) is 34.6 Å². The standard InChI is InChI=1S/C18H24BrN5O2/c1-2-7-20-16(25)12-23-8-10-24(11-9-23)13-17-21-22-18(26-17)14-3-5-15(19)6-4-14/h3-6H,2,7-13H2,1H3,(H,20,25). The molecule has 26 heavy (non-hydrogen) atoms. The molecule has 1 saturated heterocycles. The van der Waals surface area contributed by atoms with E-state index in [9.17, 15) is 4.79 Å². The third kappa shape index (κ3) is 5.36. The molecule has 2 aromatic rings. The summed E-state index contributed by atoms with van der Waals surface area (Å²) < 4.78 is 6.81. The summed E-state index contributed by atoms with van der Waals surface area (Å²) in [4.78, 5) is 16.3. The lowest BCUT2D eigenvalue weighted by molar-refractivity contribution is -0.122. The number of nitrogens with one attached hydrogen (secondary N) is 1. The van der Waals surface area contributed by atoms with Gasteiger partial charge in [-0.15, -0.1) is 10.2 Å². The van der Waals surface area contributed by atoms with Gasteiger partial charge in [0.15, 0.2) is 0 Å². The number of halogens is 1. The zero-order valence-corrected chi connectivity index (χ0v) is 16.5. The molecule has 1 N–H and O–H groups in total. The van der Waals surface area contributed by atoms with Gasteiger partial charge in [0, 0.05) is 42.8 Å². The van der Waals surface area contributed by atoms with Crippen LogP contribution in [0.5, 0.6) is 0 Å². The molecule has 1 aliphatic rings. The van der Waals surface area contributed by atoms with E-state index in [0.717, 1.165) is 49.2 Å². The Morgan fingerprint density at radius 2 is 1.85 bits per heavy atom. The van der Waals surface area contributed by atoms with Gasteiger partial charge in [0.2, 0.25) is 17.7 Å². The van der Waals surface area contributed by atoms with Crippen LogP contribution in [-0.2, 0) is 11.3 Å². The summed E-state index contributed by atoms with van der Waals surface area (Å²) in [5, 5.41) is 11.2. The Bertz CT molecular complexity index is 711. The quantitative estimate of drug-likeness (QED) is 0.737. The topological polar surface area (TPSA) is 74.5 Å². The molecule has 0 radical (unpaired) electrons. The average Bonchev–Trinajstić information content (AvgIpc) is 3.11. The fourth-order valence-electron chi connectivity index (χ4n) is 2.85. The summed E-state index contributed by atoms with van der Waals surface area (Å²) in [5.74, 6) is 1.27. The number of rotatable bonds is 7. The Balaban J connectivity index is 1.46. The van der Waals surface area contributed by atoms with Crippen LogP contribution in [0.2, 0.25) is 0 Å². The van der Waals surface area contributed by atoms with Gasteiger partial charge in [-0.05, 0) is 30.7 Å². The number of benzene rings is 1. The first-order valence-electron chi connectivity index (χ1n) is 8.94. The lowest BCUT2D eigenvalue weighted by Gasteiger charge is -2.33. The second-order valence-corrected chi connectivity index (χ2v) is 7.33. The van der Waals surface area contributed by atoms with Gasteiger partial charge in [0.1, 0.15) is 0 Å². The van der Waals surface area contributed by atoms with Gasteiger partial charge in [-0.25, -0.2) is 0 Å². The molecule has 0 aliphatic carbocycles. The maximum Gasteiger partial charge on any atom is 0.247 e. The van der Waals surface area contributed by atoms with E-state index in [4.69, 9.17) is 4.42 Å². The van der Waals surface area contributed by atoms with Gasteiger partial charge < -0.3 is 9.73 Å². The molecule has 0 spiro atoms. The van der Waals surface area contributed by atoms with Crippen LogP contribution in [0.3, 0.4) is 0 Å². The average molecular weight is 422 g/mol. The summed E-state index contributed by atoms with van der Waals surface area (Å²) >= 11 is 3.42. The summed E-state index contributed by atoms with van der Waals surface area (Å²) in [7, 11) is 0. The van der Waals surface area contributed by atoms with Crippen LogP contribution in [0.25, 0.3) is 11.5 Å². The molecule has 7 nitrogen and oxygen atoms in total. The highest BCUT2D eigenvalue weighted by molar-refractivity contribution is 9.10. The van der Waals surface area contributed by atoms with E-state index in [1.165, 1.54) is 0 Å². The minimum Gasteiger partial charge on any atom is -0.419 e. The number of carbonyl (C=O) groups excluding carboxylic acids is 1. The molecule has 1 aromatic carbocycles. The molecule has 0 saturated carbocycles. The first-order valence-corrected chi connectivity index (χ1v) is 9.73. The van der Waals surface area contributed by atoms with Crippen LogP contribution in [0.4, 0.5) is 0 Å². The van der Waals surface area contributed by atoms with E-state index in [-0.39, 0.29) is 5.91 Å².